The molecule has 0 atom stereocenters. The lowest BCUT2D eigenvalue weighted by Crippen LogP contribution is -2.41. The number of nitrogens with zero attached hydrogens (tertiary/aromatic N) is 3. The Hall–Kier alpha value is -2.62. The quantitative estimate of drug-likeness (QED) is 0.632. The second-order valence-electron chi connectivity index (χ2n) is 7.18. The number of benzene rings is 2. The maximum atomic E-state index is 12.7. The molecule has 30 heavy (non-hydrogen) atoms. The first-order chi connectivity index (χ1) is 14.5. The minimum atomic E-state index is -3.39. The monoisotopic (exact) mass is 442 g/mol. The van der Waals surface area contributed by atoms with Crippen LogP contribution in [0, 0.1) is 5.92 Å². The molecule has 1 N–H and O–H groups in total. The molecule has 2 aromatic carbocycles. The van der Waals surface area contributed by atoms with Crippen LogP contribution in [0.3, 0.4) is 0 Å². The van der Waals surface area contributed by atoms with Crippen molar-refractivity contribution in [3.63, 3.8) is 0 Å². The van der Waals surface area contributed by atoms with Gasteiger partial charge in [-0.3, -0.25) is 4.79 Å². The molecule has 0 unspecified atom stereocenters. The number of anilines is 1. The van der Waals surface area contributed by atoms with Gasteiger partial charge in [0.15, 0.2) is 0 Å². The van der Waals surface area contributed by atoms with E-state index in [-0.39, 0.29) is 17.6 Å². The third kappa shape index (κ3) is 4.92. The summed E-state index contributed by atoms with van der Waals surface area (Å²) >= 11 is 1.32. The van der Waals surface area contributed by atoms with E-state index in [2.05, 4.69) is 15.5 Å². The van der Waals surface area contributed by atoms with Gasteiger partial charge in [0, 0.05) is 24.6 Å². The molecule has 1 aliphatic rings. The SMILES string of the molecule is O=C(Nc1nnc(-c2ccccc2)s1)C1CCN(S(=O)(=O)Cc2ccccc2)CC1. The van der Waals surface area contributed by atoms with Crippen molar-refractivity contribution in [2.75, 3.05) is 18.4 Å². The fourth-order valence-corrected chi connectivity index (χ4v) is 5.77. The third-order valence-corrected chi connectivity index (χ3v) is 7.82. The minimum absolute atomic E-state index is 0.0161. The lowest BCUT2D eigenvalue weighted by molar-refractivity contribution is -0.120. The van der Waals surface area contributed by atoms with Crippen LogP contribution in [-0.2, 0) is 20.6 Å². The van der Waals surface area contributed by atoms with E-state index < -0.39 is 10.0 Å². The molecule has 2 heterocycles. The molecule has 7 nitrogen and oxygen atoms in total. The molecule has 4 rings (SSSR count). The van der Waals surface area contributed by atoms with E-state index in [1.807, 2.05) is 60.7 Å². The van der Waals surface area contributed by atoms with E-state index in [9.17, 15) is 13.2 Å². The van der Waals surface area contributed by atoms with Gasteiger partial charge in [-0.1, -0.05) is 72.0 Å². The lowest BCUT2D eigenvalue weighted by atomic mass is 9.97. The molecule has 0 spiro atoms. The first-order valence-corrected chi connectivity index (χ1v) is 12.2. The number of carbonyl (C=O) groups excluding carboxylic acids is 1. The lowest BCUT2D eigenvalue weighted by Gasteiger charge is -2.30. The van der Waals surface area contributed by atoms with Gasteiger partial charge in [0.2, 0.25) is 21.1 Å². The van der Waals surface area contributed by atoms with Gasteiger partial charge in [-0.05, 0) is 18.4 Å². The van der Waals surface area contributed by atoms with Crippen LogP contribution in [0.1, 0.15) is 18.4 Å². The van der Waals surface area contributed by atoms with Crippen molar-refractivity contribution in [1.29, 1.82) is 0 Å². The molecule has 156 valence electrons. The van der Waals surface area contributed by atoms with Crippen LogP contribution < -0.4 is 5.32 Å². The molecule has 1 aliphatic heterocycles. The van der Waals surface area contributed by atoms with E-state index in [0.29, 0.717) is 31.1 Å². The van der Waals surface area contributed by atoms with Crippen LogP contribution in [0.5, 0.6) is 0 Å². The molecular weight excluding hydrogens is 420 g/mol. The summed E-state index contributed by atoms with van der Waals surface area (Å²) in [6.45, 7) is 0.692. The number of nitrogens with one attached hydrogen (secondary N) is 1. The number of hydrogen-bond acceptors (Lipinski definition) is 6. The summed E-state index contributed by atoms with van der Waals surface area (Å²) in [5.41, 5.74) is 1.72. The predicted molar refractivity (Wildman–Crippen MR) is 117 cm³/mol. The first kappa shape index (κ1) is 20.6. The number of rotatable bonds is 6. The van der Waals surface area contributed by atoms with Crippen molar-refractivity contribution < 1.29 is 13.2 Å². The second kappa shape index (κ2) is 9.03. The summed E-state index contributed by atoms with van der Waals surface area (Å²) in [6, 6.07) is 18.8. The number of aromatic nitrogens is 2. The zero-order valence-corrected chi connectivity index (χ0v) is 17.9. The minimum Gasteiger partial charge on any atom is -0.300 e. The maximum Gasteiger partial charge on any atom is 0.229 e. The number of hydrogen-bond donors (Lipinski definition) is 1. The van der Waals surface area contributed by atoms with Crippen LogP contribution in [0.15, 0.2) is 60.7 Å². The number of carbonyl (C=O) groups is 1. The topological polar surface area (TPSA) is 92.3 Å². The molecule has 0 aliphatic carbocycles. The van der Waals surface area contributed by atoms with Crippen molar-refractivity contribution in [2.45, 2.75) is 18.6 Å². The Morgan fingerprint density at radius 2 is 1.63 bits per heavy atom. The summed E-state index contributed by atoms with van der Waals surface area (Å²) in [5, 5.41) is 12.2. The van der Waals surface area contributed by atoms with E-state index in [4.69, 9.17) is 0 Å². The molecule has 1 aromatic heterocycles. The van der Waals surface area contributed by atoms with Crippen LogP contribution in [-0.4, -0.2) is 41.9 Å². The second-order valence-corrected chi connectivity index (χ2v) is 10.1. The smallest absolute Gasteiger partial charge is 0.229 e. The highest BCUT2D eigenvalue weighted by molar-refractivity contribution is 7.88. The Kier molecular flexibility index (Phi) is 6.21. The molecule has 0 bridgehead atoms. The number of piperidine rings is 1. The standard InChI is InChI=1S/C21H22N4O3S2/c26-19(22-21-24-23-20(29-21)18-9-5-2-6-10-18)17-11-13-25(14-12-17)30(27,28)15-16-7-3-1-4-8-16/h1-10,17H,11-15H2,(H,22,24,26). The van der Waals surface area contributed by atoms with Crippen molar-refractivity contribution in [2.24, 2.45) is 5.92 Å². The van der Waals surface area contributed by atoms with Crippen LogP contribution in [0.4, 0.5) is 5.13 Å². The Bertz CT molecular complexity index is 1090. The highest BCUT2D eigenvalue weighted by Crippen LogP contribution is 2.28. The zero-order valence-electron chi connectivity index (χ0n) is 16.3. The maximum absolute atomic E-state index is 12.7. The van der Waals surface area contributed by atoms with E-state index in [1.165, 1.54) is 15.6 Å². The van der Waals surface area contributed by atoms with Gasteiger partial charge >= 0.3 is 0 Å². The molecule has 1 amide bonds. The van der Waals surface area contributed by atoms with Gasteiger partial charge in [0.25, 0.3) is 0 Å². The van der Waals surface area contributed by atoms with Crippen molar-refractivity contribution in [3.05, 3.63) is 66.2 Å². The summed E-state index contributed by atoms with van der Waals surface area (Å²) in [4.78, 5) is 12.6. The molecule has 9 heteroatoms. The van der Waals surface area contributed by atoms with E-state index in [0.717, 1.165) is 16.1 Å². The Balaban J connectivity index is 1.32. The normalized spacial score (nSPS) is 15.7. The average molecular weight is 443 g/mol. The summed E-state index contributed by atoms with van der Waals surface area (Å²) in [7, 11) is -3.39. The average Bonchev–Trinajstić information content (AvgIpc) is 3.23. The Morgan fingerprint density at radius 3 is 2.30 bits per heavy atom. The number of amides is 1. The highest BCUT2D eigenvalue weighted by Gasteiger charge is 2.31. The Labute approximate surface area is 179 Å². The zero-order chi connectivity index (χ0) is 21.0. The van der Waals surface area contributed by atoms with E-state index in [1.54, 1.807) is 0 Å². The van der Waals surface area contributed by atoms with Gasteiger partial charge in [-0.15, -0.1) is 10.2 Å². The molecule has 0 radical (unpaired) electrons. The molecule has 3 aromatic rings. The Morgan fingerprint density at radius 1 is 1.00 bits per heavy atom. The third-order valence-electron chi connectivity index (χ3n) is 5.09. The van der Waals surface area contributed by atoms with Gasteiger partial charge in [-0.2, -0.15) is 0 Å². The predicted octanol–water partition coefficient (Wildman–Crippen LogP) is 3.39. The van der Waals surface area contributed by atoms with Crippen molar-refractivity contribution >= 4 is 32.4 Å². The van der Waals surface area contributed by atoms with Gasteiger partial charge in [0.1, 0.15) is 5.01 Å². The highest BCUT2D eigenvalue weighted by atomic mass is 32.2. The largest absolute Gasteiger partial charge is 0.300 e. The van der Waals surface area contributed by atoms with Crippen LogP contribution in [0.2, 0.25) is 0 Å². The van der Waals surface area contributed by atoms with Gasteiger partial charge < -0.3 is 5.32 Å². The molecule has 1 fully saturated rings. The van der Waals surface area contributed by atoms with E-state index >= 15 is 0 Å². The van der Waals surface area contributed by atoms with Gasteiger partial charge in [0.05, 0.1) is 5.75 Å². The van der Waals surface area contributed by atoms with Crippen molar-refractivity contribution in [1.82, 2.24) is 14.5 Å². The van der Waals surface area contributed by atoms with Gasteiger partial charge in [-0.25, -0.2) is 12.7 Å². The van der Waals surface area contributed by atoms with Crippen LogP contribution in [0.25, 0.3) is 10.6 Å². The molecule has 0 saturated carbocycles. The first-order valence-electron chi connectivity index (χ1n) is 9.73. The van der Waals surface area contributed by atoms with Crippen molar-refractivity contribution in [3.8, 4) is 10.6 Å². The number of sulfonamides is 1. The molecular formula is C21H22N4O3S2. The fraction of sp³-hybridized carbons (Fsp3) is 0.286. The van der Waals surface area contributed by atoms with Crippen LogP contribution >= 0.6 is 11.3 Å². The summed E-state index contributed by atoms with van der Waals surface area (Å²) in [6.07, 6.45) is 0.981. The summed E-state index contributed by atoms with van der Waals surface area (Å²) < 4.78 is 26.8. The summed E-state index contributed by atoms with van der Waals surface area (Å²) in [5.74, 6) is -0.388. The fourth-order valence-electron chi connectivity index (χ4n) is 3.45. The molecule has 1 saturated heterocycles.